The summed E-state index contributed by atoms with van der Waals surface area (Å²) >= 11 is 0. The van der Waals surface area contributed by atoms with E-state index in [1.807, 2.05) is 0 Å². The lowest BCUT2D eigenvalue weighted by Gasteiger charge is -2.15. The first-order valence-corrected chi connectivity index (χ1v) is 4.04. The summed E-state index contributed by atoms with van der Waals surface area (Å²) in [6.07, 6.45) is 0. The van der Waals surface area contributed by atoms with Crippen LogP contribution in [0.2, 0.25) is 0 Å². The summed E-state index contributed by atoms with van der Waals surface area (Å²) in [7, 11) is 2.81. The van der Waals surface area contributed by atoms with E-state index in [-0.39, 0.29) is 11.3 Å². The van der Waals surface area contributed by atoms with Gasteiger partial charge in [-0.3, -0.25) is 9.63 Å². The molecule has 1 rings (SSSR count). The monoisotopic (exact) mass is 197 g/mol. The summed E-state index contributed by atoms with van der Waals surface area (Å²) in [5.41, 5.74) is 0.495. The first-order valence-electron chi connectivity index (χ1n) is 5.54. The van der Waals surface area contributed by atoms with Gasteiger partial charge in [-0.05, 0) is 12.1 Å². The lowest BCUT2D eigenvalue weighted by Crippen LogP contribution is -2.26. The van der Waals surface area contributed by atoms with Crippen molar-refractivity contribution in [3.05, 3.63) is 29.8 Å². The highest BCUT2D eigenvalue weighted by Crippen LogP contribution is 2.15. The van der Waals surface area contributed by atoms with Crippen molar-refractivity contribution in [1.82, 2.24) is 5.06 Å². The molecule has 0 saturated heterocycles. The summed E-state index contributed by atoms with van der Waals surface area (Å²) in [5, 5.41) is 3.33. The molecule has 0 aliphatic heterocycles. The first-order chi connectivity index (χ1) is 7.85. The Morgan fingerprint density at radius 3 is 2.93 bits per heavy atom. The highest BCUT2D eigenvalue weighted by atomic mass is 16.7. The Labute approximate surface area is 87.6 Å². The van der Waals surface area contributed by atoms with E-state index in [0.717, 1.165) is 5.06 Å². The van der Waals surface area contributed by atoms with Gasteiger partial charge in [0.2, 0.25) is 0 Å². The second kappa shape index (κ2) is 4.62. The summed E-state index contributed by atoms with van der Waals surface area (Å²) in [6, 6.07) is 6.37. The van der Waals surface area contributed by atoms with Gasteiger partial charge in [-0.15, -0.1) is 0 Å². The number of amides is 1. The van der Waals surface area contributed by atoms with Gasteiger partial charge < -0.3 is 5.32 Å². The largest absolute Gasteiger partial charge is 0.387 e. The van der Waals surface area contributed by atoms with Crippen LogP contribution in [0.5, 0.6) is 0 Å². The van der Waals surface area contributed by atoms with Gasteiger partial charge in [-0.2, -0.15) is 0 Å². The molecule has 0 unspecified atom stereocenters. The molecule has 0 fully saturated rings. The molecule has 0 aromatic heterocycles. The van der Waals surface area contributed by atoms with Gasteiger partial charge in [0.1, 0.15) is 0 Å². The van der Waals surface area contributed by atoms with Gasteiger partial charge in [-0.1, -0.05) is 12.1 Å². The molecule has 1 aromatic rings. The molecular formula is C10H14N2O2. The summed E-state index contributed by atoms with van der Waals surface area (Å²) in [5.74, 6) is -0.417. The zero-order chi connectivity index (χ0) is 13.1. The quantitative estimate of drug-likeness (QED) is 0.744. The molecule has 76 valence electrons. The average Bonchev–Trinajstić information content (AvgIpc) is 2.25. The number of benzene rings is 1. The predicted octanol–water partition coefficient (Wildman–Crippen LogP) is 1.36. The fourth-order valence-corrected chi connectivity index (χ4v) is 1.03. The Bertz CT molecular complexity index is 407. The molecule has 0 saturated carbocycles. The van der Waals surface area contributed by atoms with E-state index >= 15 is 0 Å². The molecule has 0 aliphatic carbocycles. The molecule has 1 N–H and O–H groups in total. The van der Waals surface area contributed by atoms with Crippen molar-refractivity contribution in [2.24, 2.45) is 0 Å². The van der Waals surface area contributed by atoms with Crippen LogP contribution in [0.3, 0.4) is 0 Å². The van der Waals surface area contributed by atoms with E-state index in [4.69, 9.17) is 8.95 Å². The van der Waals surface area contributed by atoms with Gasteiger partial charge in [-0.25, -0.2) is 5.06 Å². The highest BCUT2D eigenvalue weighted by Gasteiger charge is 2.13. The molecule has 4 nitrogen and oxygen atoms in total. The van der Waals surface area contributed by atoms with E-state index in [1.54, 1.807) is 12.1 Å². The maximum atomic E-state index is 11.9. The molecular weight excluding hydrogens is 180 g/mol. The van der Waals surface area contributed by atoms with E-state index in [9.17, 15) is 4.79 Å². The zero-order valence-electron chi connectivity index (χ0n) is 11.1. The van der Waals surface area contributed by atoms with Crippen LogP contribution >= 0.6 is 0 Å². The summed E-state index contributed by atoms with van der Waals surface area (Å²) in [4.78, 5) is 16.6. The smallest absolute Gasteiger partial charge is 0.279 e. The third kappa shape index (κ3) is 2.03. The third-order valence-corrected chi connectivity index (χ3v) is 1.85. The van der Waals surface area contributed by atoms with Gasteiger partial charge in [0.05, 0.1) is 12.7 Å². The summed E-state index contributed by atoms with van der Waals surface area (Å²) in [6.45, 7) is -2.35. The van der Waals surface area contributed by atoms with Crippen LogP contribution in [0.15, 0.2) is 24.3 Å². The minimum Gasteiger partial charge on any atom is -0.387 e. The van der Waals surface area contributed by atoms with Crippen LogP contribution in [0.4, 0.5) is 5.69 Å². The van der Waals surface area contributed by atoms with Crippen molar-refractivity contribution < 1.29 is 13.7 Å². The number of nitrogens with zero attached hydrogens (tertiary/aromatic N) is 1. The van der Waals surface area contributed by atoms with E-state index in [1.165, 1.54) is 26.3 Å². The van der Waals surface area contributed by atoms with Gasteiger partial charge >= 0.3 is 0 Å². The lowest BCUT2D eigenvalue weighted by molar-refractivity contribution is -0.0756. The number of carbonyl (C=O) groups excluding carboxylic acids is 1. The number of hydrogen-bond donors (Lipinski definition) is 1. The fraction of sp³-hybridized carbons (Fsp3) is 0.300. The van der Waals surface area contributed by atoms with Crippen LogP contribution in [0.1, 0.15) is 14.5 Å². The molecule has 0 aliphatic rings. The number of carbonyl (C=O) groups is 1. The Hall–Kier alpha value is -1.55. The van der Waals surface area contributed by atoms with Crippen LogP contribution in [-0.2, 0) is 4.84 Å². The molecule has 0 heterocycles. The molecule has 14 heavy (non-hydrogen) atoms. The van der Waals surface area contributed by atoms with Crippen molar-refractivity contribution in [1.29, 1.82) is 0 Å². The number of nitrogens with one attached hydrogen (secondary N) is 1. The Kier molecular flexibility index (Phi) is 2.26. The zero-order valence-corrected chi connectivity index (χ0v) is 8.07. The highest BCUT2D eigenvalue weighted by molar-refractivity contribution is 5.98. The van der Waals surface area contributed by atoms with Crippen LogP contribution in [0.25, 0.3) is 0 Å². The molecule has 1 amide bonds. The van der Waals surface area contributed by atoms with E-state index in [2.05, 4.69) is 5.32 Å². The maximum absolute atomic E-state index is 11.9. The lowest BCUT2D eigenvalue weighted by atomic mass is 10.1. The first kappa shape index (κ1) is 6.84. The van der Waals surface area contributed by atoms with Crippen LogP contribution in [0, 0.1) is 0 Å². The van der Waals surface area contributed by atoms with Gasteiger partial charge in [0.15, 0.2) is 0 Å². The van der Waals surface area contributed by atoms with Crippen molar-refractivity contribution in [2.75, 3.05) is 26.5 Å². The van der Waals surface area contributed by atoms with Crippen LogP contribution < -0.4 is 5.32 Å². The molecule has 0 atom stereocenters. The van der Waals surface area contributed by atoms with Gasteiger partial charge in [0.25, 0.3) is 5.91 Å². The van der Waals surface area contributed by atoms with Crippen molar-refractivity contribution in [3.63, 3.8) is 0 Å². The number of anilines is 1. The average molecular weight is 197 g/mol. The number of hydrogen-bond acceptors (Lipinski definition) is 3. The number of hydroxylamine groups is 2. The minimum absolute atomic E-state index is 0.243. The Balaban J connectivity index is 3.04. The Morgan fingerprint density at radius 1 is 1.57 bits per heavy atom. The number of rotatable bonds is 3. The molecule has 0 bridgehead atoms. The predicted molar refractivity (Wildman–Crippen MR) is 55.1 cm³/mol. The minimum atomic E-state index is -2.35. The summed E-state index contributed by atoms with van der Waals surface area (Å²) < 4.78 is 21.4. The van der Waals surface area contributed by atoms with E-state index in [0.29, 0.717) is 0 Å². The van der Waals surface area contributed by atoms with E-state index < -0.39 is 12.9 Å². The molecule has 0 spiro atoms. The van der Waals surface area contributed by atoms with Crippen molar-refractivity contribution in [2.45, 2.75) is 0 Å². The molecule has 4 heteroatoms. The van der Waals surface area contributed by atoms with Crippen molar-refractivity contribution >= 4 is 11.6 Å². The number of para-hydroxylation sites is 1. The second-order valence-electron chi connectivity index (χ2n) is 2.66. The standard InChI is InChI=1S/C10H14N2O2/c1-11-9-7-5-4-6-8(9)10(13)12(2)14-3/h4-7,11H,1-3H3/i1D3. The van der Waals surface area contributed by atoms with Gasteiger partial charge in [0, 0.05) is 23.8 Å². The fourth-order valence-electron chi connectivity index (χ4n) is 1.03. The topological polar surface area (TPSA) is 41.6 Å². The SMILES string of the molecule is [2H]C([2H])([2H])Nc1ccccc1C(=O)N(C)OC. The Morgan fingerprint density at radius 2 is 2.29 bits per heavy atom. The molecule has 0 radical (unpaired) electrons. The normalized spacial score (nSPS) is 13.7. The van der Waals surface area contributed by atoms with Crippen LogP contribution in [-0.4, -0.2) is 32.1 Å². The second-order valence-corrected chi connectivity index (χ2v) is 2.66. The molecule has 1 aromatic carbocycles. The van der Waals surface area contributed by atoms with Crippen molar-refractivity contribution in [3.8, 4) is 0 Å². The third-order valence-electron chi connectivity index (χ3n) is 1.85. The maximum Gasteiger partial charge on any atom is 0.279 e.